The molecule has 0 spiro atoms. The number of fused-ring (bicyclic) bond motifs is 1. The number of hydrogen-bond acceptors (Lipinski definition) is 5. The molecule has 5 heteroatoms. The molecule has 1 saturated heterocycles. The van der Waals surface area contributed by atoms with Crippen molar-refractivity contribution in [1.29, 1.82) is 0 Å². The summed E-state index contributed by atoms with van der Waals surface area (Å²) in [6.07, 6.45) is 2.28. The van der Waals surface area contributed by atoms with Crippen molar-refractivity contribution in [2.45, 2.75) is 33.6 Å². The number of thiophene rings is 1. The van der Waals surface area contributed by atoms with Gasteiger partial charge in [-0.2, -0.15) is 4.98 Å². The summed E-state index contributed by atoms with van der Waals surface area (Å²) in [6, 6.07) is 2.23. The lowest BCUT2D eigenvalue weighted by Crippen LogP contribution is -2.22. The maximum atomic E-state index is 5.90. The van der Waals surface area contributed by atoms with Crippen LogP contribution in [0.4, 0.5) is 11.8 Å². The van der Waals surface area contributed by atoms with Gasteiger partial charge < -0.3 is 10.6 Å². The lowest BCUT2D eigenvalue weighted by molar-refractivity contribution is 0.422. The fraction of sp³-hybridized carbons (Fsp3) is 0.600. The fourth-order valence-corrected chi connectivity index (χ4v) is 3.88. The van der Waals surface area contributed by atoms with Crippen LogP contribution in [0.2, 0.25) is 0 Å². The van der Waals surface area contributed by atoms with Gasteiger partial charge in [0.25, 0.3) is 0 Å². The van der Waals surface area contributed by atoms with Gasteiger partial charge in [-0.15, -0.1) is 11.3 Å². The van der Waals surface area contributed by atoms with Crippen molar-refractivity contribution in [3.8, 4) is 0 Å². The molecule has 0 radical (unpaired) electrons. The molecule has 2 aromatic rings. The van der Waals surface area contributed by atoms with Gasteiger partial charge >= 0.3 is 0 Å². The zero-order valence-corrected chi connectivity index (χ0v) is 13.2. The molecule has 0 amide bonds. The van der Waals surface area contributed by atoms with Crippen molar-refractivity contribution < 1.29 is 0 Å². The van der Waals surface area contributed by atoms with Crippen LogP contribution in [0.5, 0.6) is 0 Å². The van der Waals surface area contributed by atoms with Crippen LogP contribution in [0.3, 0.4) is 0 Å². The number of aromatic nitrogens is 2. The Labute approximate surface area is 124 Å². The van der Waals surface area contributed by atoms with E-state index < -0.39 is 0 Å². The average Bonchev–Trinajstić information content (AvgIpc) is 3.03. The first-order valence-corrected chi connectivity index (χ1v) is 8.21. The van der Waals surface area contributed by atoms with E-state index in [4.69, 9.17) is 5.73 Å². The first kappa shape index (κ1) is 13.6. The highest BCUT2D eigenvalue weighted by Crippen LogP contribution is 2.35. The third kappa shape index (κ3) is 2.35. The number of nitrogen functional groups attached to an aromatic ring is 1. The molecule has 3 heterocycles. The molecular formula is C15H22N4S. The van der Waals surface area contributed by atoms with Crippen molar-refractivity contribution in [3.63, 3.8) is 0 Å². The van der Waals surface area contributed by atoms with Crippen LogP contribution in [-0.2, 0) is 6.42 Å². The van der Waals surface area contributed by atoms with Crippen LogP contribution in [0, 0.1) is 11.8 Å². The van der Waals surface area contributed by atoms with Crippen molar-refractivity contribution in [1.82, 2.24) is 9.97 Å². The summed E-state index contributed by atoms with van der Waals surface area (Å²) in [4.78, 5) is 13.7. The maximum Gasteiger partial charge on any atom is 0.223 e. The number of nitrogens with two attached hydrogens (primary N) is 1. The standard InChI is InChI=1S/C15H22N4S/c1-4-11-7-12-13(17-15(16)18-14(12)20-11)19-6-5-10(8-19)9(2)3/h7,9-10H,4-6,8H2,1-3H3,(H2,16,17,18). The Kier molecular flexibility index (Phi) is 3.54. The predicted octanol–water partition coefficient (Wildman–Crippen LogP) is 3.32. The zero-order valence-electron chi connectivity index (χ0n) is 12.4. The molecule has 1 aliphatic heterocycles. The fourth-order valence-electron chi connectivity index (χ4n) is 2.91. The first-order chi connectivity index (χ1) is 9.58. The Bertz CT molecular complexity index is 620. The topological polar surface area (TPSA) is 55.0 Å². The van der Waals surface area contributed by atoms with E-state index in [1.165, 1.54) is 16.7 Å². The molecule has 1 atom stereocenters. The van der Waals surface area contributed by atoms with Crippen LogP contribution in [-0.4, -0.2) is 23.1 Å². The maximum absolute atomic E-state index is 5.90. The number of anilines is 2. The summed E-state index contributed by atoms with van der Waals surface area (Å²) in [5.41, 5.74) is 5.90. The highest BCUT2D eigenvalue weighted by atomic mass is 32.1. The van der Waals surface area contributed by atoms with E-state index in [1.54, 1.807) is 11.3 Å². The van der Waals surface area contributed by atoms with Gasteiger partial charge in [-0.25, -0.2) is 4.98 Å². The Morgan fingerprint density at radius 3 is 2.90 bits per heavy atom. The SMILES string of the molecule is CCc1cc2c(N3CCC(C(C)C)C3)nc(N)nc2s1. The van der Waals surface area contributed by atoms with Crippen LogP contribution >= 0.6 is 11.3 Å². The molecule has 20 heavy (non-hydrogen) atoms. The highest BCUT2D eigenvalue weighted by molar-refractivity contribution is 7.18. The Balaban J connectivity index is 2.00. The van der Waals surface area contributed by atoms with Crippen molar-refractivity contribution in [2.75, 3.05) is 23.7 Å². The second kappa shape index (κ2) is 5.20. The van der Waals surface area contributed by atoms with Gasteiger partial charge in [-0.05, 0) is 30.7 Å². The largest absolute Gasteiger partial charge is 0.368 e. The number of rotatable bonds is 3. The molecular weight excluding hydrogens is 268 g/mol. The summed E-state index contributed by atoms with van der Waals surface area (Å²) in [6.45, 7) is 8.94. The summed E-state index contributed by atoms with van der Waals surface area (Å²) >= 11 is 1.73. The summed E-state index contributed by atoms with van der Waals surface area (Å²) in [7, 11) is 0. The van der Waals surface area contributed by atoms with Gasteiger partial charge in [0.1, 0.15) is 10.6 Å². The number of hydrogen-bond donors (Lipinski definition) is 1. The Morgan fingerprint density at radius 2 is 2.25 bits per heavy atom. The molecule has 0 bridgehead atoms. The summed E-state index contributed by atoms with van der Waals surface area (Å²) in [5.74, 6) is 2.91. The van der Waals surface area contributed by atoms with Gasteiger partial charge in [0.2, 0.25) is 5.95 Å². The molecule has 2 aromatic heterocycles. The smallest absolute Gasteiger partial charge is 0.223 e. The van der Waals surface area contributed by atoms with E-state index in [0.717, 1.165) is 42.0 Å². The minimum atomic E-state index is 0.394. The lowest BCUT2D eigenvalue weighted by atomic mass is 9.95. The van der Waals surface area contributed by atoms with E-state index in [0.29, 0.717) is 5.95 Å². The molecule has 108 valence electrons. The lowest BCUT2D eigenvalue weighted by Gasteiger charge is -2.19. The first-order valence-electron chi connectivity index (χ1n) is 7.39. The second-order valence-corrected chi connectivity index (χ2v) is 7.04. The monoisotopic (exact) mass is 290 g/mol. The van der Waals surface area contributed by atoms with Crippen molar-refractivity contribution >= 4 is 33.3 Å². The quantitative estimate of drug-likeness (QED) is 0.942. The third-order valence-corrected chi connectivity index (χ3v) is 5.43. The molecule has 3 rings (SSSR count). The van der Waals surface area contributed by atoms with Gasteiger partial charge in [0.15, 0.2) is 0 Å². The Morgan fingerprint density at radius 1 is 1.45 bits per heavy atom. The average molecular weight is 290 g/mol. The van der Waals surface area contributed by atoms with Gasteiger partial charge in [-0.1, -0.05) is 20.8 Å². The molecule has 0 saturated carbocycles. The summed E-state index contributed by atoms with van der Waals surface area (Å²) in [5, 5.41) is 1.17. The van der Waals surface area contributed by atoms with E-state index in [-0.39, 0.29) is 0 Å². The van der Waals surface area contributed by atoms with Crippen LogP contribution < -0.4 is 10.6 Å². The van der Waals surface area contributed by atoms with E-state index in [9.17, 15) is 0 Å². The van der Waals surface area contributed by atoms with E-state index in [2.05, 4.69) is 41.7 Å². The highest BCUT2D eigenvalue weighted by Gasteiger charge is 2.27. The Hall–Kier alpha value is -1.36. The minimum Gasteiger partial charge on any atom is -0.368 e. The molecule has 1 fully saturated rings. The van der Waals surface area contributed by atoms with E-state index >= 15 is 0 Å². The van der Waals surface area contributed by atoms with Crippen molar-refractivity contribution in [3.05, 3.63) is 10.9 Å². The molecule has 2 N–H and O–H groups in total. The molecule has 0 aromatic carbocycles. The predicted molar refractivity (Wildman–Crippen MR) is 86.4 cm³/mol. The summed E-state index contributed by atoms with van der Waals surface area (Å²) < 4.78 is 0. The normalized spacial score (nSPS) is 19.4. The van der Waals surface area contributed by atoms with Gasteiger partial charge in [0.05, 0.1) is 5.39 Å². The second-order valence-electron chi connectivity index (χ2n) is 5.93. The van der Waals surface area contributed by atoms with E-state index in [1.807, 2.05) is 0 Å². The minimum absolute atomic E-state index is 0.394. The zero-order chi connectivity index (χ0) is 14.3. The van der Waals surface area contributed by atoms with Crippen molar-refractivity contribution in [2.24, 2.45) is 11.8 Å². The van der Waals surface area contributed by atoms with Gasteiger partial charge in [0, 0.05) is 18.0 Å². The molecule has 1 aliphatic rings. The van der Waals surface area contributed by atoms with Gasteiger partial charge in [-0.3, -0.25) is 0 Å². The third-order valence-electron chi connectivity index (χ3n) is 4.26. The van der Waals surface area contributed by atoms with Crippen LogP contribution in [0.25, 0.3) is 10.2 Å². The number of aryl methyl sites for hydroxylation is 1. The molecule has 4 nitrogen and oxygen atoms in total. The molecule has 1 unspecified atom stereocenters. The molecule has 0 aliphatic carbocycles. The number of nitrogens with zero attached hydrogens (tertiary/aromatic N) is 3. The van der Waals surface area contributed by atoms with Crippen LogP contribution in [0.15, 0.2) is 6.07 Å². The van der Waals surface area contributed by atoms with Crippen LogP contribution in [0.1, 0.15) is 32.1 Å².